The standard InChI is InChI=1S/C26H34ClFN6O3/c1-5-37-19-12-20(36-4)22(28)23(21(19)27)33-14-15-13-29-25(30-16-6-8-17(9-7-16)32(2)3)31-24(15)34(26(33)35)18-10-11-18/h12-13,16-18H,5-11,14H2,1-4H3,(H,29,30,31). The van der Waals surface area contributed by atoms with Crippen molar-refractivity contribution in [3.8, 4) is 11.5 Å². The van der Waals surface area contributed by atoms with Crippen LogP contribution in [0.5, 0.6) is 11.5 Å². The van der Waals surface area contributed by atoms with Crippen LogP contribution in [0, 0.1) is 5.82 Å². The Balaban J connectivity index is 1.45. The van der Waals surface area contributed by atoms with Crippen molar-refractivity contribution >= 4 is 35.1 Å². The van der Waals surface area contributed by atoms with E-state index in [2.05, 4.69) is 29.3 Å². The number of rotatable bonds is 8. The van der Waals surface area contributed by atoms with Gasteiger partial charge in [-0.1, -0.05) is 11.6 Å². The third-order valence-electron chi connectivity index (χ3n) is 7.41. The predicted octanol–water partition coefficient (Wildman–Crippen LogP) is 5.07. The minimum Gasteiger partial charge on any atom is -0.493 e. The molecule has 2 aromatic rings. The maximum Gasteiger partial charge on any atom is 0.330 e. The summed E-state index contributed by atoms with van der Waals surface area (Å²) in [5.41, 5.74) is 0.662. The molecule has 0 unspecified atom stereocenters. The molecule has 2 fully saturated rings. The summed E-state index contributed by atoms with van der Waals surface area (Å²) < 4.78 is 26.3. The maximum absolute atomic E-state index is 15.5. The molecule has 2 heterocycles. The van der Waals surface area contributed by atoms with Crippen molar-refractivity contribution in [2.24, 2.45) is 0 Å². The second kappa shape index (κ2) is 10.5. The first-order valence-corrected chi connectivity index (χ1v) is 13.3. The fourth-order valence-electron chi connectivity index (χ4n) is 5.22. The highest BCUT2D eigenvalue weighted by Gasteiger charge is 2.43. The van der Waals surface area contributed by atoms with Crippen molar-refractivity contribution in [1.82, 2.24) is 14.9 Å². The van der Waals surface area contributed by atoms with Crippen LogP contribution in [0.1, 0.15) is 51.0 Å². The number of urea groups is 1. The summed E-state index contributed by atoms with van der Waals surface area (Å²) in [6.45, 7) is 2.22. The zero-order valence-electron chi connectivity index (χ0n) is 21.8. The minimum atomic E-state index is -0.712. The van der Waals surface area contributed by atoms with Crippen LogP contribution >= 0.6 is 11.6 Å². The second-order valence-corrected chi connectivity index (χ2v) is 10.5. The van der Waals surface area contributed by atoms with Crippen LogP contribution in [-0.2, 0) is 6.54 Å². The van der Waals surface area contributed by atoms with Crippen molar-refractivity contribution in [3.63, 3.8) is 0 Å². The number of benzene rings is 1. The summed E-state index contributed by atoms with van der Waals surface area (Å²) in [5, 5.41) is 3.50. The maximum atomic E-state index is 15.5. The lowest BCUT2D eigenvalue weighted by molar-refractivity contribution is 0.221. The molecule has 3 aliphatic rings. The van der Waals surface area contributed by atoms with Gasteiger partial charge in [-0.2, -0.15) is 4.98 Å². The topological polar surface area (TPSA) is 83.1 Å². The Kier molecular flexibility index (Phi) is 7.31. The van der Waals surface area contributed by atoms with Crippen molar-refractivity contribution in [1.29, 1.82) is 0 Å². The van der Waals surface area contributed by atoms with Gasteiger partial charge in [-0.15, -0.1) is 0 Å². The van der Waals surface area contributed by atoms with E-state index >= 15 is 4.39 Å². The number of methoxy groups -OCH3 is 1. The number of amides is 2. The predicted molar refractivity (Wildman–Crippen MR) is 142 cm³/mol. The van der Waals surface area contributed by atoms with Crippen LogP contribution in [0.4, 0.5) is 26.6 Å². The number of carbonyl (C=O) groups is 1. The lowest BCUT2D eigenvalue weighted by Crippen LogP contribution is -2.49. The van der Waals surface area contributed by atoms with Gasteiger partial charge in [-0.3, -0.25) is 9.80 Å². The second-order valence-electron chi connectivity index (χ2n) is 10.1. The fraction of sp³-hybridized carbons (Fsp3) is 0.577. The lowest BCUT2D eigenvalue weighted by Gasteiger charge is -2.37. The highest BCUT2D eigenvalue weighted by atomic mass is 35.5. The lowest BCUT2D eigenvalue weighted by atomic mass is 9.91. The number of carbonyl (C=O) groups excluding carboxylic acids is 1. The first-order chi connectivity index (χ1) is 17.8. The van der Waals surface area contributed by atoms with Crippen LogP contribution in [-0.4, -0.2) is 66.8 Å². The molecule has 1 aromatic carbocycles. The van der Waals surface area contributed by atoms with Crippen molar-refractivity contribution in [3.05, 3.63) is 28.7 Å². The number of hydrogen-bond donors (Lipinski definition) is 1. The number of halogens is 2. The fourth-order valence-corrected chi connectivity index (χ4v) is 5.52. The van der Waals surface area contributed by atoms with Gasteiger partial charge in [0, 0.05) is 36.0 Å². The Morgan fingerprint density at radius 1 is 1.19 bits per heavy atom. The normalized spacial score (nSPS) is 21.8. The molecule has 2 amide bonds. The average molecular weight is 533 g/mol. The Bertz CT molecular complexity index is 1170. The van der Waals surface area contributed by atoms with Gasteiger partial charge in [-0.25, -0.2) is 14.2 Å². The van der Waals surface area contributed by atoms with Crippen LogP contribution in [0.15, 0.2) is 12.3 Å². The Hall–Kier alpha value is -2.85. The molecule has 1 aliphatic heterocycles. The minimum absolute atomic E-state index is 0.00568. The van der Waals surface area contributed by atoms with Gasteiger partial charge in [0.2, 0.25) is 5.95 Å². The van der Waals surface area contributed by atoms with Crippen molar-refractivity contribution in [2.75, 3.05) is 42.9 Å². The van der Waals surface area contributed by atoms with Gasteiger partial charge in [0.1, 0.15) is 22.3 Å². The van der Waals surface area contributed by atoms with Crippen molar-refractivity contribution < 1.29 is 18.7 Å². The van der Waals surface area contributed by atoms with Crippen LogP contribution < -0.4 is 24.6 Å². The van der Waals surface area contributed by atoms with E-state index in [4.69, 9.17) is 26.1 Å². The number of ether oxygens (including phenoxy) is 2. The molecule has 9 nitrogen and oxygen atoms in total. The van der Waals surface area contributed by atoms with Gasteiger partial charge < -0.3 is 19.7 Å². The Labute approximate surface area is 221 Å². The largest absolute Gasteiger partial charge is 0.493 e. The molecule has 2 aliphatic carbocycles. The molecule has 5 rings (SSSR count). The quantitative estimate of drug-likeness (QED) is 0.508. The molecule has 0 radical (unpaired) electrons. The van der Waals surface area contributed by atoms with E-state index in [0.29, 0.717) is 30.5 Å². The van der Waals surface area contributed by atoms with Crippen LogP contribution in [0.25, 0.3) is 0 Å². The van der Waals surface area contributed by atoms with Crippen molar-refractivity contribution in [2.45, 2.75) is 70.1 Å². The number of anilines is 3. The molecule has 2 saturated carbocycles. The first kappa shape index (κ1) is 25.8. The van der Waals surface area contributed by atoms with Gasteiger partial charge >= 0.3 is 6.03 Å². The van der Waals surface area contributed by atoms with E-state index in [1.165, 1.54) is 18.1 Å². The molecule has 0 bridgehead atoms. The van der Waals surface area contributed by atoms with Gasteiger partial charge in [0.15, 0.2) is 11.6 Å². The van der Waals surface area contributed by atoms with E-state index in [0.717, 1.165) is 44.1 Å². The Morgan fingerprint density at radius 3 is 2.54 bits per heavy atom. The summed E-state index contributed by atoms with van der Waals surface area (Å²) in [4.78, 5) is 28.4. The zero-order chi connectivity index (χ0) is 26.3. The highest BCUT2D eigenvalue weighted by Crippen LogP contribution is 2.46. The van der Waals surface area contributed by atoms with Gasteiger partial charge in [0.25, 0.3) is 0 Å². The average Bonchev–Trinajstić information content (AvgIpc) is 3.72. The third-order valence-corrected chi connectivity index (χ3v) is 7.77. The van der Waals surface area contributed by atoms with E-state index in [1.807, 2.05) is 0 Å². The molecule has 37 heavy (non-hydrogen) atoms. The molecule has 1 N–H and O–H groups in total. The summed E-state index contributed by atoms with van der Waals surface area (Å²) in [5.74, 6) is 0.597. The number of nitrogens with one attached hydrogen (secondary N) is 1. The molecule has 1 aromatic heterocycles. The summed E-state index contributed by atoms with van der Waals surface area (Å²) in [6, 6.07) is 1.93. The molecular weight excluding hydrogens is 499 g/mol. The number of nitrogens with zero attached hydrogens (tertiary/aromatic N) is 5. The number of aromatic nitrogens is 2. The molecule has 11 heteroatoms. The van der Waals surface area contributed by atoms with E-state index < -0.39 is 5.82 Å². The van der Waals surface area contributed by atoms with E-state index in [1.54, 1.807) is 18.0 Å². The van der Waals surface area contributed by atoms with E-state index in [-0.39, 0.29) is 40.8 Å². The Morgan fingerprint density at radius 2 is 1.92 bits per heavy atom. The molecular formula is C26H34ClFN6O3. The summed E-state index contributed by atoms with van der Waals surface area (Å²) in [7, 11) is 5.62. The third kappa shape index (κ3) is 5.01. The highest BCUT2D eigenvalue weighted by molar-refractivity contribution is 6.35. The van der Waals surface area contributed by atoms with Crippen LogP contribution in [0.3, 0.4) is 0 Å². The first-order valence-electron chi connectivity index (χ1n) is 12.9. The number of hydrogen-bond acceptors (Lipinski definition) is 7. The molecule has 0 atom stereocenters. The zero-order valence-corrected chi connectivity index (χ0v) is 22.5. The summed E-state index contributed by atoms with van der Waals surface area (Å²) in [6.07, 6.45) is 7.76. The van der Waals surface area contributed by atoms with E-state index in [9.17, 15) is 4.79 Å². The smallest absolute Gasteiger partial charge is 0.330 e. The van der Waals surface area contributed by atoms with Gasteiger partial charge in [-0.05, 0) is 59.5 Å². The molecule has 0 saturated heterocycles. The van der Waals surface area contributed by atoms with Crippen LogP contribution in [0.2, 0.25) is 5.02 Å². The van der Waals surface area contributed by atoms with Gasteiger partial charge in [0.05, 0.1) is 20.3 Å². The number of fused-ring (bicyclic) bond motifs is 1. The summed E-state index contributed by atoms with van der Waals surface area (Å²) >= 11 is 6.58. The molecule has 200 valence electrons. The SMILES string of the molecule is CCOc1cc(OC)c(F)c(N2Cc3cnc(NC4CCC(N(C)C)CC4)nc3N(C3CC3)C2=O)c1Cl. The molecule has 0 spiro atoms. The monoisotopic (exact) mass is 532 g/mol.